The lowest BCUT2D eigenvalue weighted by Crippen LogP contribution is -2.30. The molecule has 0 heterocycles. The number of nitrogens with one attached hydrogen (secondary N) is 2. The maximum absolute atomic E-state index is 14.3. The molecule has 0 aromatic heterocycles. The quantitative estimate of drug-likeness (QED) is 0.252. The minimum atomic E-state index is -3.25. The van der Waals surface area contributed by atoms with Gasteiger partial charge in [-0.25, -0.2) is 13.2 Å². The van der Waals surface area contributed by atoms with Crippen molar-refractivity contribution in [2.75, 3.05) is 10.6 Å². The average Bonchev–Trinajstić information content (AvgIpc) is 3.31. The summed E-state index contributed by atoms with van der Waals surface area (Å²) in [6, 6.07) is 8.21. The number of benzene rings is 2. The monoisotopic (exact) mass is 566 g/mol. The Bertz CT molecular complexity index is 1170. The highest BCUT2D eigenvalue weighted by Gasteiger charge is 2.67. The van der Waals surface area contributed by atoms with Crippen LogP contribution in [-0.2, 0) is 9.59 Å². The van der Waals surface area contributed by atoms with Crippen molar-refractivity contribution in [3.05, 3.63) is 70.0 Å². The van der Waals surface area contributed by atoms with E-state index in [4.69, 9.17) is 46.4 Å². The molecule has 0 saturated heterocycles. The summed E-state index contributed by atoms with van der Waals surface area (Å²) < 4.78 is 40.9. The van der Waals surface area contributed by atoms with Crippen LogP contribution in [0.25, 0.3) is 0 Å². The number of rotatable bonds is 8. The maximum atomic E-state index is 14.3. The summed E-state index contributed by atoms with van der Waals surface area (Å²) in [4.78, 5) is 25.1. The van der Waals surface area contributed by atoms with Gasteiger partial charge in [0, 0.05) is 34.0 Å². The van der Waals surface area contributed by atoms with Crippen molar-refractivity contribution in [3.8, 4) is 0 Å². The van der Waals surface area contributed by atoms with E-state index in [0.717, 1.165) is 6.07 Å². The number of hydrogen-bond donors (Lipinski definition) is 2. The molecule has 2 aromatic rings. The first-order chi connectivity index (χ1) is 16.1. The summed E-state index contributed by atoms with van der Waals surface area (Å²) >= 11 is 24.7. The summed E-state index contributed by atoms with van der Waals surface area (Å²) in [5.74, 6) is -8.21. The molecule has 188 valence electrons. The first kappa shape index (κ1) is 27.7. The van der Waals surface area contributed by atoms with Crippen molar-refractivity contribution >= 4 is 69.6 Å². The van der Waals surface area contributed by atoms with Gasteiger partial charge in [-0.15, -0.1) is 23.2 Å². The number of amides is 2. The predicted octanol–water partition coefficient (Wildman–Crippen LogP) is 7.83. The third-order valence-corrected chi connectivity index (χ3v) is 7.14. The number of carbonyl (C=O) groups is 2. The number of anilines is 2. The van der Waals surface area contributed by atoms with Crippen LogP contribution in [0.5, 0.6) is 0 Å². The molecule has 1 aliphatic rings. The second kappa shape index (κ2) is 10.2. The molecule has 11 heteroatoms. The number of hydrogen-bond acceptors (Lipinski definition) is 2. The summed E-state index contributed by atoms with van der Waals surface area (Å²) in [6.07, 6.45) is -0.567. The van der Waals surface area contributed by atoms with Crippen LogP contribution in [0.3, 0.4) is 0 Å². The number of halogens is 7. The molecule has 0 spiro atoms. The highest BCUT2D eigenvalue weighted by atomic mass is 35.5. The molecule has 1 aliphatic carbocycles. The van der Waals surface area contributed by atoms with Gasteiger partial charge in [-0.2, -0.15) is 0 Å². The average molecular weight is 568 g/mol. The van der Waals surface area contributed by atoms with Gasteiger partial charge in [0.15, 0.2) is 0 Å². The van der Waals surface area contributed by atoms with Crippen molar-refractivity contribution < 1.29 is 22.8 Å². The number of allylic oxidation sites excluding steroid dienone is 1. The second-order valence-corrected chi connectivity index (χ2v) is 10.9. The van der Waals surface area contributed by atoms with Gasteiger partial charge in [-0.1, -0.05) is 36.7 Å². The zero-order chi connectivity index (χ0) is 26.3. The number of carbonyl (C=O) groups excluding carboxylic acids is 2. The molecule has 35 heavy (non-hydrogen) atoms. The van der Waals surface area contributed by atoms with Gasteiger partial charge in [0.25, 0.3) is 5.92 Å². The highest BCUT2D eigenvalue weighted by molar-refractivity contribution is 6.53. The van der Waals surface area contributed by atoms with Gasteiger partial charge in [0.1, 0.15) is 10.2 Å². The molecule has 3 rings (SSSR count). The van der Waals surface area contributed by atoms with Gasteiger partial charge in [0.05, 0.1) is 11.6 Å². The lowest BCUT2D eigenvalue weighted by atomic mass is 9.94. The third-order valence-electron chi connectivity index (χ3n) is 5.77. The molecule has 0 radical (unpaired) electrons. The summed E-state index contributed by atoms with van der Waals surface area (Å²) in [6.45, 7) is 5.61. The van der Waals surface area contributed by atoms with Crippen molar-refractivity contribution in [3.63, 3.8) is 0 Å². The molecule has 1 saturated carbocycles. The molecular formula is C24H21Cl4F3N2O2. The van der Waals surface area contributed by atoms with Crippen LogP contribution in [0, 0.1) is 17.7 Å². The molecule has 0 bridgehead atoms. The van der Waals surface area contributed by atoms with Crippen LogP contribution < -0.4 is 10.6 Å². The first-order valence-electron chi connectivity index (χ1n) is 10.4. The molecule has 2 amide bonds. The standard InChI is InChI=1S/C24H21Cl4F3N2O2/c1-11(2)24(30,31)12(3)6-19(34)33-18-10-16(4-5-17(18)29)32-22(35)21-20(23(21,27)28)13-7-14(25)9-15(26)8-13/h4-5,7-10,12,20-21H,1,6H2,2-3H3,(H,32,35)(H,33,34). The Balaban J connectivity index is 1.70. The van der Waals surface area contributed by atoms with Crippen LogP contribution in [0.15, 0.2) is 48.6 Å². The summed E-state index contributed by atoms with van der Waals surface area (Å²) in [5.41, 5.74) is 0.0729. The Morgan fingerprint density at radius 3 is 2.29 bits per heavy atom. The molecule has 2 aromatic carbocycles. The minimum Gasteiger partial charge on any atom is -0.326 e. The molecule has 1 fully saturated rings. The maximum Gasteiger partial charge on any atom is 0.271 e. The van der Waals surface area contributed by atoms with E-state index in [9.17, 15) is 22.8 Å². The fraction of sp³-hybridized carbons (Fsp3) is 0.333. The normalized spacial score (nSPS) is 19.6. The fourth-order valence-electron chi connectivity index (χ4n) is 3.77. The van der Waals surface area contributed by atoms with E-state index in [2.05, 4.69) is 17.2 Å². The molecule has 3 atom stereocenters. The van der Waals surface area contributed by atoms with E-state index in [1.807, 2.05) is 0 Å². The Morgan fingerprint density at radius 1 is 1.11 bits per heavy atom. The first-order valence-corrected chi connectivity index (χ1v) is 11.9. The minimum absolute atomic E-state index is 0.144. The van der Waals surface area contributed by atoms with Gasteiger partial charge in [0.2, 0.25) is 11.8 Å². The smallest absolute Gasteiger partial charge is 0.271 e. The zero-order valence-electron chi connectivity index (χ0n) is 18.6. The van der Waals surface area contributed by atoms with E-state index in [1.54, 1.807) is 12.1 Å². The van der Waals surface area contributed by atoms with Crippen molar-refractivity contribution in [1.82, 2.24) is 0 Å². The molecule has 2 N–H and O–H groups in total. The fourth-order valence-corrected chi connectivity index (χ4v) is 5.14. The van der Waals surface area contributed by atoms with Crippen molar-refractivity contribution in [2.45, 2.75) is 36.4 Å². The topological polar surface area (TPSA) is 58.2 Å². The molecule has 3 unspecified atom stereocenters. The van der Waals surface area contributed by atoms with Gasteiger partial charge >= 0.3 is 0 Å². The van der Waals surface area contributed by atoms with E-state index < -0.39 is 52.1 Å². The van der Waals surface area contributed by atoms with E-state index in [-0.39, 0.29) is 16.9 Å². The van der Waals surface area contributed by atoms with E-state index in [0.29, 0.717) is 15.6 Å². The van der Waals surface area contributed by atoms with Crippen LogP contribution in [-0.4, -0.2) is 22.1 Å². The summed E-state index contributed by atoms with van der Waals surface area (Å²) in [7, 11) is 0. The largest absolute Gasteiger partial charge is 0.326 e. The summed E-state index contributed by atoms with van der Waals surface area (Å²) in [5, 5.41) is 5.57. The Labute approximate surface area is 220 Å². The Kier molecular flexibility index (Phi) is 8.07. The number of alkyl halides is 4. The van der Waals surface area contributed by atoms with Crippen molar-refractivity contribution in [2.24, 2.45) is 11.8 Å². The van der Waals surface area contributed by atoms with E-state index >= 15 is 0 Å². The lowest BCUT2D eigenvalue weighted by molar-refractivity contribution is -0.120. The van der Waals surface area contributed by atoms with Gasteiger partial charge < -0.3 is 10.6 Å². The predicted molar refractivity (Wildman–Crippen MR) is 134 cm³/mol. The van der Waals surface area contributed by atoms with Crippen LogP contribution in [0.2, 0.25) is 10.0 Å². The van der Waals surface area contributed by atoms with Crippen LogP contribution in [0.1, 0.15) is 31.7 Å². The molecule has 4 nitrogen and oxygen atoms in total. The van der Waals surface area contributed by atoms with E-state index in [1.165, 1.54) is 32.0 Å². The SMILES string of the molecule is C=C(C)C(F)(F)C(C)CC(=O)Nc1cc(NC(=O)C2C(c3cc(Cl)cc(Cl)c3)C2(Cl)Cl)ccc1F. The lowest BCUT2D eigenvalue weighted by Gasteiger charge is -2.23. The van der Waals surface area contributed by atoms with Crippen LogP contribution >= 0.6 is 46.4 Å². The Morgan fingerprint density at radius 2 is 1.71 bits per heavy atom. The third kappa shape index (κ3) is 6.08. The van der Waals surface area contributed by atoms with Gasteiger partial charge in [-0.05, 0) is 54.5 Å². The second-order valence-electron chi connectivity index (χ2n) is 8.57. The van der Waals surface area contributed by atoms with Crippen molar-refractivity contribution in [1.29, 1.82) is 0 Å². The zero-order valence-corrected chi connectivity index (χ0v) is 21.6. The highest BCUT2D eigenvalue weighted by Crippen LogP contribution is 2.65. The Hall–Kier alpha value is -1.93. The molecule has 0 aliphatic heterocycles. The molecular weight excluding hydrogens is 547 g/mol. The van der Waals surface area contributed by atoms with Gasteiger partial charge in [-0.3, -0.25) is 9.59 Å². The van der Waals surface area contributed by atoms with Crippen LogP contribution in [0.4, 0.5) is 24.5 Å².